The number of benzene rings is 2. The van der Waals surface area contributed by atoms with Crippen molar-refractivity contribution in [2.24, 2.45) is 5.73 Å². The van der Waals surface area contributed by atoms with Crippen molar-refractivity contribution in [2.75, 3.05) is 0 Å². The fourth-order valence-corrected chi connectivity index (χ4v) is 3.66. The van der Waals surface area contributed by atoms with Crippen LogP contribution in [-0.2, 0) is 22.2 Å². The van der Waals surface area contributed by atoms with E-state index < -0.39 is 22.9 Å². The zero-order valence-electron chi connectivity index (χ0n) is 16.0. The second kappa shape index (κ2) is 9.45. The largest absolute Gasteiger partial charge is 0.453 e. The summed E-state index contributed by atoms with van der Waals surface area (Å²) in [7, 11) is -1.76. The van der Waals surface area contributed by atoms with Gasteiger partial charge in [-0.25, -0.2) is 4.21 Å². The Hall–Kier alpha value is -3.03. The van der Waals surface area contributed by atoms with Crippen molar-refractivity contribution in [3.8, 4) is 11.3 Å². The van der Waals surface area contributed by atoms with Gasteiger partial charge in [0.2, 0.25) is 5.91 Å². The average molecular weight is 410 g/mol. The number of Topliss-reactive ketones (excluding diaryl/α,β-unsaturated/α-hetero) is 1. The molecule has 3 N–H and O–H groups in total. The van der Waals surface area contributed by atoms with Gasteiger partial charge in [-0.3, -0.25) is 14.3 Å². The van der Waals surface area contributed by atoms with Crippen molar-refractivity contribution >= 4 is 22.7 Å². The highest BCUT2D eigenvalue weighted by atomic mass is 32.2. The molecule has 0 fully saturated rings. The van der Waals surface area contributed by atoms with Gasteiger partial charge >= 0.3 is 0 Å². The Morgan fingerprint density at radius 3 is 2.52 bits per heavy atom. The molecular weight excluding hydrogens is 388 g/mol. The molecule has 2 aromatic carbocycles. The molecule has 0 radical (unpaired) electrons. The molecule has 0 bridgehead atoms. The molecule has 2 atom stereocenters. The topological polar surface area (TPSA) is 102 Å². The van der Waals surface area contributed by atoms with Gasteiger partial charge in [0.05, 0.1) is 10.9 Å². The Balaban J connectivity index is 1.62. The molecule has 7 heteroatoms. The second-order valence-electron chi connectivity index (χ2n) is 6.61. The van der Waals surface area contributed by atoms with Crippen molar-refractivity contribution < 1.29 is 18.2 Å². The first-order chi connectivity index (χ1) is 13.9. The molecule has 0 saturated carbocycles. The van der Waals surface area contributed by atoms with E-state index in [4.69, 9.17) is 10.2 Å². The van der Waals surface area contributed by atoms with Crippen molar-refractivity contribution in [3.05, 3.63) is 78.1 Å². The first-order valence-electron chi connectivity index (χ1n) is 9.17. The van der Waals surface area contributed by atoms with Gasteiger partial charge in [-0.1, -0.05) is 42.5 Å². The molecule has 6 nitrogen and oxygen atoms in total. The average Bonchev–Trinajstić information content (AvgIpc) is 3.23. The Morgan fingerprint density at radius 1 is 1.07 bits per heavy atom. The van der Waals surface area contributed by atoms with Crippen LogP contribution < -0.4 is 10.5 Å². The summed E-state index contributed by atoms with van der Waals surface area (Å²) in [6, 6.07) is 19.0. The number of aryl methyl sites for hydroxylation is 1. The van der Waals surface area contributed by atoms with Crippen molar-refractivity contribution in [3.63, 3.8) is 0 Å². The number of amides is 1. The molecule has 0 aliphatic carbocycles. The number of furan rings is 1. The van der Waals surface area contributed by atoms with E-state index in [0.29, 0.717) is 29.1 Å². The molecule has 0 aliphatic heterocycles. The van der Waals surface area contributed by atoms with Crippen LogP contribution in [0, 0.1) is 0 Å². The van der Waals surface area contributed by atoms with Crippen LogP contribution in [0.1, 0.15) is 29.5 Å². The first-order valence-corrected chi connectivity index (χ1v) is 10.3. The SMILES string of the molecule is CC(=O)c1ccc(-c2cccc(S(=O)NC(=O)[C@@H](N)CCc3ccccc3)c2)o1. The van der Waals surface area contributed by atoms with Crippen LogP contribution in [0.3, 0.4) is 0 Å². The summed E-state index contributed by atoms with van der Waals surface area (Å²) in [5.41, 5.74) is 7.70. The lowest BCUT2D eigenvalue weighted by Gasteiger charge is -2.12. The number of nitrogens with one attached hydrogen (secondary N) is 1. The standard InChI is InChI=1S/C22H22N2O4S/c1-15(25)20-12-13-21(28-20)17-8-5-9-18(14-17)29(27)24-22(26)19(23)11-10-16-6-3-2-4-7-16/h2-9,12-14,19H,10-11,23H2,1H3,(H,24,26)/t19-,29?/m0/s1. The predicted octanol–water partition coefficient (Wildman–Crippen LogP) is 3.25. The molecule has 3 rings (SSSR count). The maximum Gasteiger partial charge on any atom is 0.248 e. The Labute approximate surface area is 171 Å². The number of rotatable bonds is 8. The Kier molecular flexibility index (Phi) is 6.74. The number of carbonyl (C=O) groups is 2. The maximum atomic E-state index is 12.6. The molecule has 3 aromatic rings. The van der Waals surface area contributed by atoms with E-state index in [1.54, 1.807) is 36.4 Å². The minimum atomic E-state index is -1.76. The normalized spacial score (nSPS) is 12.9. The van der Waals surface area contributed by atoms with Gasteiger partial charge in [-0.15, -0.1) is 0 Å². The first kappa shape index (κ1) is 20.7. The highest BCUT2D eigenvalue weighted by molar-refractivity contribution is 7.83. The van der Waals surface area contributed by atoms with E-state index in [0.717, 1.165) is 5.56 Å². The molecule has 0 saturated heterocycles. The molecule has 0 aliphatic rings. The molecule has 150 valence electrons. The van der Waals surface area contributed by atoms with Gasteiger partial charge in [-0.2, -0.15) is 0 Å². The van der Waals surface area contributed by atoms with E-state index in [1.807, 2.05) is 30.3 Å². The Morgan fingerprint density at radius 2 is 1.83 bits per heavy atom. The lowest BCUT2D eigenvalue weighted by molar-refractivity contribution is -0.120. The molecule has 1 amide bonds. The summed E-state index contributed by atoms with van der Waals surface area (Å²) in [6.07, 6.45) is 1.11. The van der Waals surface area contributed by atoms with Crippen LogP contribution in [0.5, 0.6) is 0 Å². The molecule has 1 unspecified atom stereocenters. The lowest BCUT2D eigenvalue weighted by Crippen LogP contribution is -2.41. The fraction of sp³-hybridized carbons (Fsp3) is 0.182. The summed E-state index contributed by atoms with van der Waals surface area (Å²) in [4.78, 5) is 24.1. The highest BCUT2D eigenvalue weighted by Crippen LogP contribution is 2.24. The van der Waals surface area contributed by atoms with Crippen LogP contribution >= 0.6 is 0 Å². The monoisotopic (exact) mass is 410 g/mol. The zero-order chi connectivity index (χ0) is 20.8. The molecular formula is C22H22N2O4S. The van der Waals surface area contributed by atoms with Crippen LogP contribution in [0.25, 0.3) is 11.3 Å². The summed E-state index contributed by atoms with van der Waals surface area (Å²) in [6.45, 7) is 1.42. The summed E-state index contributed by atoms with van der Waals surface area (Å²) in [5, 5.41) is 0. The van der Waals surface area contributed by atoms with E-state index >= 15 is 0 Å². The van der Waals surface area contributed by atoms with E-state index in [9.17, 15) is 13.8 Å². The quantitative estimate of drug-likeness (QED) is 0.555. The van der Waals surface area contributed by atoms with Gasteiger partial charge in [0.1, 0.15) is 5.76 Å². The Bertz CT molecular complexity index is 1030. The maximum absolute atomic E-state index is 12.6. The zero-order valence-corrected chi connectivity index (χ0v) is 16.8. The fourth-order valence-electron chi connectivity index (χ4n) is 2.77. The summed E-state index contributed by atoms with van der Waals surface area (Å²) >= 11 is 0. The van der Waals surface area contributed by atoms with Gasteiger partial charge in [-0.05, 0) is 42.7 Å². The van der Waals surface area contributed by atoms with Crippen molar-refractivity contribution in [1.82, 2.24) is 4.72 Å². The molecule has 1 heterocycles. The summed E-state index contributed by atoms with van der Waals surface area (Å²) in [5.74, 6) is 0.0958. The van der Waals surface area contributed by atoms with E-state index in [1.165, 1.54) is 6.92 Å². The molecule has 29 heavy (non-hydrogen) atoms. The number of carbonyl (C=O) groups excluding carboxylic acids is 2. The predicted molar refractivity (Wildman–Crippen MR) is 111 cm³/mol. The summed E-state index contributed by atoms with van der Waals surface area (Å²) < 4.78 is 20.5. The second-order valence-corrected chi connectivity index (χ2v) is 7.83. The van der Waals surface area contributed by atoms with E-state index in [2.05, 4.69) is 4.72 Å². The molecule has 0 spiro atoms. The van der Waals surface area contributed by atoms with Crippen LogP contribution in [0.15, 0.2) is 76.0 Å². The molecule has 1 aromatic heterocycles. The number of hydrogen-bond acceptors (Lipinski definition) is 5. The van der Waals surface area contributed by atoms with Gasteiger partial charge in [0, 0.05) is 12.5 Å². The number of nitrogens with two attached hydrogens (primary N) is 1. The highest BCUT2D eigenvalue weighted by Gasteiger charge is 2.17. The third-order valence-corrected chi connectivity index (χ3v) is 5.47. The third-order valence-electron chi connectivity index (χ3n) is 4.40. The number of ketones is 1. The van der Waals surface area contributed by atoms with Gasteiger partial charge in [0.25, 0.3) is 0 Å². The van der Waals surface area contributed by atoms with Gasteiger partial charge < -0.3 is 10.2 Å². The van der Waals surface area contributed by atoms with Crippen LogP contribution in [0.2, 0.25) is 0 Å². The minimum absolute atomic E-state index is 0.173. The smallest absolute Gasteiger partial charge is 0.248 e. The van der Waals surface area contributed by atoms with Crippen LogP contribution in [0.4, 0.5) is 0 Å². The lowest BCUT2D eigenvalue weighted by atomic mass is 10.1. The van der Waals surface area contributed by atoms with Crippen molar-refractivity contribution in [1.29, 1.82) is 0 Å². The van der Waals surface area contributed by atoms with E-state index in [-0.39, 0.29) is 11.5 Å². The minimum Gasteiger partial charge on any atom is -0.453 e. The van der Waals surface area contributed by atoms with Gasteiger partial charge in [0.15, 0.2) is 22.5 Å². The van der Waals surface area contributed by atoms with Crippen LogP contribution in [-0.4, -0.2) is 21.9 Å². The third kappa shape index (κ3) is 5.49. The number of hydrogen-bond donors (Lipinski definition) is 2. The van der Waals surface area contributed by atoms with Crippen molar-refractivity contribution in [2.45, 2.75) is 30.7 Å².